The van der Waals surface area contributed by atoms with Crippen molar-refractivity contribution in [3.8, 4) is 5.75 Å². The number of nitrogens with zero attached hydrogens (tertiary/aromatic N) is 2. The first kappa shape index (κ1) is 16.8. The van der Waals surface area contributed by atoms with E-state index < -0.39 is 0 Å². The lowest BCUT2D eigenvalue weighted by molar-refractivity contribution is -0.116. The molecule has 0 bridgehead atoms. The highest BCUT2D eigenvalue weighted by Crippen LogP contribution is 2.24. The summed E-state index contributed by atoms with van der Waals surface area (Å²) < 4.78 is 0. The lowest BCUT2D eigenvalue weighted by atomic mass is 10.2. The summed E-state index contributed by atoms with van der Waals surface area (Å²) in [5.74, 6) is -0.402. The molecular formula is C16H16ClN3O3. The standard InChI is InChI=1S/C16H16ClN3O3/c1-10-4-3-5-14(18-10)19-15(22)9-20(2)16(23)11-6-7-13(21)12(17)8-11/h3-8,21H,9H2,1-2H3,(H,18,19,22). The predicted molar refractivity (Wildman–Crippen MR) is 87.7 cm³/mol. The Balaban J connectivity index is 2.00. The van der Waals surface area contributed by atoms with Crippen molar-refractivity contribution in [1.82, 2.24) is 9.88 Å². The minimum absolute atomic E-state index is 0.0812. The lowest BCUT2D eigenvalue weighted by Gasteiger charge is -2.17. The van der Waals surface area contributed by atoms with Crippen molar-refractivity contribution in [2.45, 2.75) is 6.92 Å². The number of carbonyl (C=O) groups excluding carboxylic acids is 2. The Kier molecular flexibility index (Phi) is 5.18. The van der Waals surface area contributed by atoms with Crippen LogP contribution in [0.15, 0.2) is 36.4 Å². The van der Waals surface area contributed by atoms with Gasteiger partial charge < -0.3 is 15.3 Å². The number of amides is 2. The van der Waals surface area contributed by atoms with E-state index in [0.29, 0.717) is 5.82 Å². The number of hydrogen-bond acceptors (Lipinski definition) is 4. The smallest absolute Gasteiger partial charge is 0.254 e. The third-order valence-corrected chi connectivity index (χ3v) is 3.38. The van der Waals surface area contributed by atoms with Gasteiger partial charge in [-0.1, -0.05) is 17.7 Å². The molecule has 6 nitrogen and oxygen atoms in total. The van der Waals surface area contributed by atoms with Crippen LogP contribution < -0.4 is 5.32 Å². The summed E-state index contributed by atoms with van der Waals surface area (Å²) in [5.41, 5.74) is 1.07. The molecule has 0 atom stereocenters. The van der Waals surface area contributed by atoms with Crippen LogP contribution in [0.1, 0.15) is 16.1 Å². The van der Waals surface area contributed by atoms with Crippen molar-refractivity contribution in [3.63, 3.8) is 0 Å². The van der Waals surface area contributed by atoms with Gasteiger partial charge in [-0.15, -0.1) is 0 Å². The summed E-state index contributed by atoms with van der Waals surface area (Å²) in [6, 6.07) is 9.41. The highest BCUT2D eigenvalue weighted by molar-refractivity contribution is 6.32. The molecule has 0 aliphatic heterocycles. The van der Waals surface area contributed by atoms with Gasteiger partial charge in [-0.3, -0.25) is 9.59 Å². The predicted octanol–water partition coefficient (Wildman–Crippen LogP) is 2.46. The second-order valence-corrected chi connectivity index (χ2v) is 5.45. The molecule has 2 rings (SSSR count). The minimum Gasteiger partial charge on any atom is -0.506 e. The van der Waals surface area contributed by atoms with Crippen LogP contribution in [0.5, 0.6) is 5.75 Å². The Labute approximate surface area is 138 Å². The number of likely N-dealkylation sites (N-methyl/N-ethyl adjacent to an activating group) is 1. The molecule has 7 heteroatoms. The molecule has 0 fully saturated rings. The summed E-state index contributed by atoms with van der Waals surface area (Å²) in [6.07, 6.45) is 0. The Morgan fingerprint density at radius 3 is 2.70 bits per heavy atom. The number of phenols is 1. The zero-order valence-electron chi connectivity index (χ0n) is 12.7. The van der Waals surface area contributed by atoms with Gasteiger partial charge in [0.05, 0.1) is 11.6 Å². The van der Waals surface area contributed by atoms with Crippen LogP contribution in [0.2, 0.25) is 5.02 Å². The van der Waals surface area contributed by atoms with Crippen LogP contribution in [0.25, 0.3) is 0 Å². The van der Waals surface area contributed by atoms with Crippen molar-refractivity contribution in [2.24, 2.45) is 0 Å². The molecule has 1 aromatic carbocycles. The molecule has 23 heavy (non-hydrogen) atoms. The van der Waals surface area contributed by atoms with Crippen LogP contribution in [0.3, 0.4) is 0 Å². The summed E-state index contributed by atoms with van der Waals surface area (Å²) in [5, 5.41) is 12.1. The third kappa shape index (κ3) is 4.43. The van der Waals surface area contributed by atoms with E-state index in [1.807, 2.05) is 13.0 Å². The number of phenolic OH excluding ortho intramolecular Hbond substituents is 1. The van der Waals surface area contributed by atoms with Crippen molar-refractivity contribution < 1.29 is 14.7 Å². The van der Waals surface area contributed by atoms with E-state index in [-0.39, 0.29) is 34.7 Å². The van der Waals surface area contributed by atoms with Gasteiger partial charge in [0, 0.05) is 18.3 Å². The molecular weight excluding hydrogens is 318 g/mol. The van der Waals surface area contributed by atoms with Crippen molar-refractivity contribution >= 4 is 29.2 Å². The maximum Gasteiger partial charge on any atom is 0.254 e. The summed E-state index contributed by atoms with van der Waals surface area (Å²) in [4.78, 5) is 29.6. The van der Waals surface area contributed by atoms with Crippen molar-refractivity contribution in [3.05, 3.63) is 52.7 Å². The average molecular weight is 334 g/mol. The summed E-state index contributed by atoms with van der Waals surface area (Å²) in [7, 11) is 1.51. The molecule has 0 aliphatic carbocycles. The average Bonchev–Trinajstić information content (AvgIpc) is 2.49. The number of rotatable bonds is 4. The van der Waals surface area contributed by atoms with Gasteiger partial charge in [0.1, 0.15) is 11.6 Å². The Morgan fingerprint density at radius 1 is 1.30 bits per heavy atom. The first-order chi connectivity index (χ1) is 10.9. The number of halogens is 1. The fraction of sp³-hybridized carbons (Fsp3) is 0.188. The molecule has 0 unspecified atom stereocenters. The minimum atomic E-state index is -0.376. The van der Waals surface area contributed by atoms with E-state index in [0.717, 1.165) is 5.69 Å². The number of aromatic hydroxyl groups is 1. The van der Waals surface area contributed by atoms with Crippen molar-refractivity contribution in [1.29, 1.82) is 0 Å². The Hall–Kier alpha value is -2.60. The highest BCUT2D eigenvalue weighted by atomic mass is 35.5. The fourth-order valence-electron chi connectivity index (χ4n) is 1.94. The zero-order chi connectivity index (χ0) is 17.0. The maximum atomic E-state index is 12.2. The van der Waals surface area contributed by atoms with Gasteiger partial charge in [-0.25, -0.2) is 4.98 Å². The Bertz CT molecular complexity index is 749. The monoisotopic (exact) mass is 333 g/mol. The van der Waals surface area contributed by atoms with Gasteiger partial charge in [0.25, 0.3) is 5.91 Å². The first-order valence-corrected chi connectivity index (χ1v) is 7.22. The quantitative estimate of drug-likeness (QED) is 0.900. The number of pyridine rings is 1. The van der Waals surface area contributed by atoms with E-state index in [4.69, 9.17) is 11.6 Å². The van der Waals surface area contributed by atoms with Crippen LogP contribution in [0, 0.1) is 6.92 Å². The second-order valence-electron chi connectivity index (χ2n) is 5.04. The molecule has 0 spiro atoms. The molecule has 1 aromatic heterocycles. The van der Waals surface area contributed by atoms with E-state index in [2.05, 4.69) is 10.3 Å². The third-order valence-electron chi connectivity index (χ3n) is 3.08. The molecule has 120 valence electrons. The van der Waals surface area contributed by atoms with Crippen molar-refractivity contribution in [2.75, 3.05) is 18.9 Å². The zero-order valence-corrected chi connectivity index (χ0v) is 13.5. The number of aromatic nitrogens is 1. The number of aryl methyl sites for hydroxylation is 1. The van der Waals surface area contributed by atoms with E-state index in [9.17, 15) is 14.7 Å². The molecule has 0 saturated heterocycles. The van der Waals surface area contributed by atoms with Gasteiger partial charge in [0.2, 0.25) is 5.91 Å². The molecule has 2 aromatic rings. The number of nitrogens with one attached hydrogen (secondary N) is 1. The number of anilines is 1. The molecule has 2 amide bonds. The SMILES string of the molecule is Cc1cccc(NC(=O)CN(C)C(=O)c2ccc(O)c(Cl)c2)n1. The van der Waals surface area contributed by atoms with Gasteiger partial charge >= 0.3 is 0 Å². The van der Waals surface area contributed by atoms with Gasteiger partial charge in [0.15, 0.2) is 0 Å². The molecule has 0 saturated carbocycles. The fourth-order valence-corrected chi connectivity index (χ4v) is 2.12. The largest absolute Gasteiger partial charge is 0.506 e. The van der Waals surface area contributed by atoms with Crippen LogP contribution >= 0.6 is 11.6 Å². The molecule has 0 aliphatic rings. The number of hydrogen-bond donors (Lipinski definition) is 2. The van der Waals surface area contributed by atoms with Crippen LogP contribution in [-0.4, -0.2) is 40.4 Å². The van der Waals surface area contributed by atoms with E-state index >= 15 is 0 Å². The first-order valence-electron chi connectivity index (χ1n) is 6.84. The van der Waals surface area contributed by atoms with E-state index in [1.54, 1.807) is 12.1 Å². The molecule has 0 radical (unpaired) electrons. The Morgan fingerprint density at radius 2 is 2.04 bits per heavy atom. The normalized spacial score (nSPS) is 10.2. The van der Waals surface area contributed by atoms with E-state index in [1.165, 1.54) is 30.1 Å². The number of carbonyl (C=O) groups is 2. The summed E-state index contributed by atoms with van der Waals surface area (Å²) >= 11 is 5.78. The highest BCUT2D eigenvalue weighted by Gasteiger charge is 2.16. The number of benzene rings is 1. The maximum absolute atomic E-state index is 12.2. The summed E-state index contributed by atoms with van der Waals surface area (Å²) in [6.45, 7) is 1.69. The topological polar surface area (TPSA) is 82.5 Å². The second kappa shape index (κ2) is 7.11. The van der Waals surface area contributed by atoms with Crippen LogP contribution in [0.4, 0.5) is 5.82 Å². The molecule has 1 heterocycles. The van der Waals surface area contributed by atoms with Gasteiger partial charge in [-0.2, -0.15) is 0 Å². The molecule has 2 N–H and O–H groups in total. The van der Waals surface area contributed by atoms with Crippen LogP contribution in [-0.2, 0) is 4.79 Å². The lowest BCUT2D eigenvalue weighted by Crippen LogP contribution is -2.35. The van der Waals surface area contributed by atoms with Gasteiger partial charge in [-0.05, 0) is 37.3 Å².